The highest BCUT2D eigenvalue weighted by molar-refractivity contribution is 8.00. The third-order valence-electron chi connectivity index (χ3n) is 9.15. The van der Waals surface area contributed by atoms with E-state index in [4.69, 9.17) is 14.4 Å². The molecule has 1 aromatic heterocycles. The number of ether oxygens (including phenoxy) is 1. The predicted molar refractivity (Wildman–Crippen MR) is 143 cm³/mol. The minimum Gasteiger partial charge on any atom is -0.480 e. The van der Waals surface area contributed by atoms with E-state index in [1.54, 1.807) is 25.6 Å². The van der Waals surface area contributed by atoms with Crippen LogP contribution in [-0.2, 0) is 9.59 Å². The van der Waals surface area contributed by atoms with Gasteiger partial charge in [-0.3, -0.25) is 14.4 Å². The zero-order valence-electron chi connectivity index (χ0n) is 22.8. The van der Waals surface area contributed by atoms with Crippen LogP contribution in [0.3, 0.4) is 0 Å². The lowest BCUT2D eigenvalue weighted by Gasteiger charge is -2.31. The molecule has 4 saturated carbocycles. The number of carbonyl (C=O) groups excluding carboxylic acids is 2. The fourth-order valence-electron chi connectivity index (χ4n) is 7.25. The molecule has 1 aromatic rings. The first-order chi connectivity index (χ1) is 18.6. The summed E-state index contributed by atoms with van der Waals surface area (Å²) >= 11 is 1.56. The van der Waals surface area contributed by atoms with E-state index in [1.165, 1.54) is 6.42 Å². The number of amides is 2. The molecule has 3 bridgehead atoms. The van der Waals surface area contributed by atoms with Crippen LogP contribution in [0.15, 0.2) is 9.42 Å². The summed E-state index contributed by atoms with van der Waals surface area (Å²) < 4.78 is 11.6. The van der Waals surface area contributed by atoms with E-state index >= 15 is 0 Å². The first-order valence-electron chi connectivity index (χ1n) is 14.4. The van der Waals surface area contributed by atoms with E-state index in [-0.39, 0.29) is 42.2 Å². The quantitative estimate of drug-likeness (QED) is 0.335. The second-order valence-electron chi connectivity index (χ2n) is 12.7. The number of aliphatic hydroxyl groups is 1. The Morgan fingerprint density at radius 1 is 1.08 bits per heavy atom. The van der Waals surface area contributed by atoms with Crippen molar-refractivity contribution in [3.63, 3.8) is 0 Å². The summed E-state index contributed by atoms with van der Waals surface area (Å²) in [4.78, 5) is 37.6. The van der Waals surface area contributed by atoms with Crippen LogP contribution in [0, 0.1) is 29.1 Å². The number of thioether (sulfide) groups is 1. The summed E-state index contributed by atoms with van der Waals surface area (Å²) in [7, 11) is 0. The number of carboxylic acids is 1. The number of aromatic nitrogens is 1. The molecule has 0 radical (unpaired) electrons. The Morgan fingerprint density at radius 2 is 1.82 bits per heavy atom. The van der Waals surface area contributed by atoms with Crippen molar-refractivity contribution in [2.75, 3.05) is 13.2 Å². The Bertz CT molecular complexity index is 1070. The van der Waals surface area contributed by atoms with Crippen LogP contribution in [0.5, 0.6) is 5.88 Å². The second kappa shape index (κ2) is 11.7. The SMILES string of the molecule is CC(C)(COc1noc(C(=O)N[C@@H]2C3CC4CC(O)CC2C(C4)C3)c1SC1CCCCC1)C(=O)NCC(=O)O. The molecule has 6 atom stereocenters. The average Bonchev–Trinajstić information content (AvgIpc) is 3.35. The molecule has 1 heterocycles. The van der Waals surface area contributed by atoms with Gasteiger partial charge in [0.2, 0.25) is 11.7 Å². The first-order valence-corrected chi connectivity index (χ1v) is 15.3. The Labute approximate surface area is 233 Å². The van der Waals surface area contributed by atoms with Gasteiger partial charge in [0, 0.05) is 11.3 Å². The molecule has 216 valence electrons. The summed E-state index contributed by atoms with van der Waals surface area (Å²) in [6.45, 7) is 2.80. The van der Waals surface area contributed by atoms with Crippen LogP contribution >= 0.6 is 11.8 Å². The number of carbonyl (C=O) groups is 3. The minimum atomic E-state index is -1.12. The van der Waals surface area contributed by atoms with Crippen molar-refractivity contribution in [2.24, 2.45) is 29.1 Å². The van der Waals surface area contributed by atoms with Crippen molar-refractivity contribution in [2.45, 2.75) is 100 Å². The Morgan fingerprint density at radius 3 is 2.56 bits per heavy atom. The van der Waals surface area contributed by atoms with Gasteiger partial charge in [-0.2, -0.15) is 0 Å². The van der Waals surface area contributed by atoms with E-state index in [1.807, 2.05) is 0 Å². The zero-order valence-corrected chi connectivity index (χ0v) is 23.6. The topological polar surface area (TPSA) is 151 Å². The van der Waals surface area contributed by atoms with Gasteiger partial charge in [0.05, 0.1) is 11.5 Å². The molecular weight excluding hydrogens is 522 g/mol. The number of fused-ring (bicyclic) bond motifs is 2. The maximum absolute atomic E-state index is 13.7. The van der Waals surface area contributed by atoms with E-state index in [0.717, 1.165) is 57.8 Å². The van der Waals surface area contributed by atoms with Crippen molar-refractivity contribution in [3.05, 3.63) is 5.76 Å². The van der Waals surface area contributed by atoms with E-state index in [0.29, 0.717) is 27.9 Å². The Kier molecular flexibility index (Phi) is 8.47. The van der Waals surface area contributed by atoms with Crippen molar-refractivity contribution in [3.8, 4) is 5.88 Å². The van der Waals surface area contributed by atoms with Gasteiger partial charge in [0.25, 0.3) is 11.8 Å². The fourth-order valence-corrected chi connectivity index (χ4v) is 8.59. The minimum absolute atomic E-state index is 0.0151. The summed E-state index contributed by atoms with van der Waals surface area (Å²) in [5.74, 6) is 0.244. The average molecular weight is 564 g/mol. The Hall–Kier alpha value is -2.27. The first kappa shape index (κ1) is 28.3. The summed E-state index contributed by atoms with van der Waals surface area (Å²) in [5, 5.41) is 29.5. The second-order valence-corrected chi connectivity index (χ2v) is 14.0. The van der Waals surface area contributed by atoms with Gasteiger partial charge in [-0.15, -0.1) is 11.8 Å². The molecule has 10 nitrogen and oxygen atoms in total. The largest absolute Gasteiger partial charge is 0.480 e. The molecule has 0 aromatic carbocycles. The third kappa shape index (κ3) is 6.39. The van der Waals surface area contributed by atoms with Gasteiger partial charge >= 0.3 is 5.97 Å². The summed E-state index contributed by atoms with van der Waals surface area (Å²) in [5.41, 5.74) is -1.02. The lowest BCUT2D eigenvalue weighted by atomic mass is 9.79. The lowest BCUT2D eigenvalue weighted by molar-refractivity contribution is -0.140. The summed E-state index contributed by atoms with van der Waals surface area (Å²) in [6, 6.07) is 0.0151. The van der Waals surface area contributed by atoms with Crippen molar-refractivity contribution >= 4 is 29.5 Å². The smallest absolute Gasteiger partial charge is 0.322 e. The fraction of sp³-hybridized carbons (Fsp3) is 0.786. The van der Waals surface area contributed by atoms with Crippen LogP contribution < -0.4 is 15.4 Å². The third-order valence-corrected chi connectivity index (χ3v) is 10.5. The number of hydrogen-bond acceptors (Lipinski definition) is 8. The molecule has 5 unspecified atom stereocenters. The molecule has 0 aliphatic heterocycles. The van der Waals surface area contributed by atoms with E-state index < -0.39 is 23.8 Å². The number of nitrogens with one attached hydrogen (secondary N) is 2. The maximum Gasteiger partial charge on any atom is 0.322 e. The molecule has 4 N–H and O–H groups in total. The predicted octanol–water partition coefficient (Wildman–Crippen LogP) is 3.62. The van der Waals surface area contributed by atoms with Gasteiger partial charge in [-0.1, -0.05) is 19.3 Å². The zero-order chi connectivity index (χ0) is 27.7. The summed E-state index contributed by atoms with van der Waals surface area (Å²) in [6.07, 6.45) is 10.1. The number of nitrogens with zero attached hydrogens (tertiary/aromatic N) is 1. The molecule has 0 spiro atoms. The number of carboxylic acid groups (broad SMARTS) is 1. The normalized spacial score (nSPS) is 30.5. The Balaban J connectivity index is 1.32. The van der Waals surface area contributed by atoms with Crippen LogP contribution in [0.1, 0.15) is 88.6 Å². The highest BCUT2D eigenvalue weighted by atomic mass is 32.2. The van der Waals surface area contributed by atoms with Gasteiger partial charge in [0.1, 0.15) is 18.0 Å². The molecule has 5 rings (SSSR count). The maximum atomic E-state index is 13.7. The van der Waals surface area contributed by atoms with Crippen LogP contribution in [0.25, 0.3) is 0 Å². The molecule has 11 heteroatoms. The molecule has 4 aliphatic rings. The molecule has 4 aliphatic carbocycles. The number of rotatable bonds is 10. The number of hydrogen-bond donors (Lipinski definition) is 4. The molecule has 39 heavy (non-hydrogen) atoms. The molecular formula is C28H41N3O7S. The van der Waals surface area contributed by atoms with Crippen LogP contribution in [0.4, 0.5) is 0 Å². The van der Waals surface area contributed by atoms with Crippen LogP contribution in [-0.4, -0.2) is 63.7 Å². The number of aliphatic carboxylic acids is 1. The van der Waals surface area contributed by atoms with Crippen molar-refractivity contribution in [1.29, 1.82) is 0 Å². The van der Waals surface area contributed by atoms with E-state index in [9.17, 15) is 19.5 Å². The monoisotopic (exact) mass is 563 g/mol. The lowest BCUT2D eigenvalue weighted by Crippen LogP contribution is -2.43. The molecule has 2 amide bonds. The number of aliphatic hydroxyl groups excluding tert-OH is 1. The van der Waals surface area contributed by atoms with Crippen molar-refractivity contribution in [1.82, 2.24) is 15.8 Å². The van der Waals surface area contributed by atoms with Gasteiger partial charge in [-0.05, 0) is 87.6 Å². The van der Waals surface area contributed by atoms with Gasteiger partial charge in [0.15, 0.2) is 0 Å². The standard InChI is InChI=1S/C28H41N3O7S/c1-28(2,27(36)29-13-21(33)34)14-37-26-24(39-19-6-4-3-5-7-19)23(38-31-26)25(35)30-22-17-9-15-8-16(11-17)20(22)12-18(32)10-15/h15-20,22,32H,3-14H2,1-2H3,(H,29,36)(H,30,35)(H,33,34)/t15?,16?,17?,18?,20?,22-/m1/s1. The van der Waals surface area contributed by atoms with Gasteiger partial charge < -0.3 is 30.1 Å². The van der Waals surface area contributed by atoms with Crippen LogP contribution in [0.2, 0.25) is 0 Å². The van der Waals surface area contributed by atoms with Crippen molar-refractivity contribution < 1.29 is 33.9 Å². The molecule has 4 fully saturated rings. The van der Waals surface area contributed by atoms with Gasteiger partial charge in [-0.25, -0.2) is 0 Å². The highest BCUT2D eigenvalue weighted by Crippen LogP contribution is 2.53. The molecule has 0 saturated heterocycles. The highest BCUT2D eigenvalue weighted by Gasteiger charge is 2.51. The van der Waals surface area contributed by atoms with E-state index in [2.05, 4.69) is 15.8 Å².